The van der Waals surface area contributed by atoms with Gasteiger partial charge in [0.25, 0.3) is 0 Å². The number of rotatable bonds is 1. The summed E-state index contributed by atoms with van der Waals surface area (Å²) < 4.78 is 0. The highest BCUT2D eigenvalue weighted by Gasteiger charge is 2.19. The molecule has 0 atom stereocenters. The molecule has 1 aliphatic rings. The van der Waals surface area contributed by atoms with Crippen LogP contribution in [-0.4, -0.2) is 0 Å². The number of allylic oxidation sites excluding steroid dienone is 1. The van der Waals surface area contributed by atoms with Crippen LogP contribution in [0.3, 0.4) is 0 Å². The van der Waals surface area contributed by atoms with Crippen molar-refractivity contribution in [2.45, 2.75) is 39.0 Å². The van der Waals surface area contributed by atoms with Crippen molar-refractivity contribution in [3.05, 3.63) is 65.7 Å². The van der Waals surface area contributed by atoms with Gasteiger partial charge in [0.05, 0.1) is 0 Å². The summed E-state index contributed by atoms with van der Waals surface area (Å²) in [5, 5.41) is 0. The highest BCUT2D eigenvalue weighted by Crippen LogP contribution is 2.37. The summed E-state index contributed by atoms with van der Waals surface area (Å²) in [6.45, 7) is 10.9. The molecular formula is C20H22. The first-order chi connectivity index (χ1) is 9.47. The molecule has 20 heavy (non-hydrogen) atoms. The van der Waals surface area contributed by atoms with Crippen molar-refractivity contribution >= 4 is 5.57 Å². The van der Waals surface area contributed by atoms with Gasteiger partial charge in [-0.1, -0.05) is 69.8 Å². The van der Waals surface area contributed by atoms with E-state index in [0.29, 0.717) is 0 Å². The molecule has 0 heterocycles. The standard InChI is InChI=1S/C20H22/c1-14-8-13-19-17(14)6-5-7-18(19)15-9-11-16(12-10-15)20(2,3)4/h5-7,9-12H,1,8,13H2,2-4H3. The average Bonchev–Trinajstić information content (AvgIpc) is 2.80. The maximum atomic E-state index is 4.18. The Kier molecular flexibility index (Phi) is 3.05. The highest BCUT2D eigenvalue weighted by atomic mass is 14.2. The lowest BCUT2D eigenvalue weighted by molar-refractivity contribution is 0.590. The zero-order valence-electron chi connectivity index (χ0n) is 12.7. The Morgan fingerprint density at radius 1 is 0.850 bits per heavy atom. The lowest BCUT2D eigenvalue weighted by Gasteiger charge is -2.19. The monoisotopic (exact) mass is 262 g/mol. The van der Waals surface area contributed by atoms with Crippen LogP contribution in [-0.2, 0) is 11.8 Å². The number of fused-ring (bicyclic) bond motifs is 1. The topological polar surface area (TPSA) is 0 Å². The molecule has 2 aromatic carbocycles. The molecule has 0 unspecified atom stereocenters. The minimum Gasteiger partial charge on any atom is -0.0952 e. The van der Waals surface area contributed by atoms with Crippen molar-refractivity contribution in [3.8, 4) is 11.1 Å². The number of benzene rings is 2. The molecule has 1 aliphatic carbocycles. The Balaban J connectivity index is 2.05. The second kappa shape index (κ2) is 4.63. The van der Waals surface area contributed by atoms with E-state index in [1.807, 2.05) is 0 Å². The smallest absolute Gasteiger partial charge is 0.0132 e. The Labute approximate surface area is 122 Å². The first kappa shape index (κ1) is 13.2. The molecule has 102 valence electrons. The molecule has 3 rings (SSSR count). The fourth-order valence-corrected chi connectivity index (χ4v) is 3.02. The predicted molar refractivity (Wildman–Crippen MR) is 87.9 cm³/mol. The van der Waals surface area contributed by atoms with Gasteiger partial charge in [0.2, 0.25) is 0 Å². The predicted octanol–water partition coefficient (Wildman–Crippen LogP) is 5.61. The van der Waals surface area contributed by atoms with Gasteiger partial charge >= 0.3 is 0 Å². The minimum atomic E-state index is 0.214. The third-order valence-corrected chi connectivity index (χ3v) is 4.30. The number of hydrogen-bond acceptors (Lipinski definition) is 0. The van der Waals surface area contributed by atoms with E-state index < -0.39 is 0 Å². The molecule has 0 fully saturated rings. The Bertz CT molecular complexity index is 651. The molecule has 0 nitrogen and oxygen atoms in total. The van der Waals surface area contributed by atoms with Crippen molar-refractivity contribution in [2.24, 2.45) is 0 Å². The molecule has 0 radical (unpaired) electrons. The van der Waals surface area contributed by atoms with Crippen LogP contribution in [0.1, 0.15) is 43.9 Å². The van der Waals surface area contributed by atoms with Gasteiger partial charge < -0.3 is 0 Å². The summed E-state index contributed by atoms with van der Waals surface area (Å²) in [4.78, 5) is 0. The maximum Gasteiger partial charge on any atom is -0.0132 e. The maximum absolute atomic E-state index is 4.18. The second-order valence-electron chi connectivity index (χ2n) is 6.76. The minimum absolute atomic E-state index is 0.214. The largest absolute Gasteiger partial charge is 0.0952 e. The van der Waals surface area contributed by atoms with Crippen molar-refractivity contribution in [3.63, 3.8) is 0 Å². The number of hydrogen-bond donors (Lipinski definition) is 0. The molecule has 0 heteroatoms. The van der Waals surface area contributed by atoms with Crippen molar-refractivity contribution in [1.82, 2.24) is 0 Å². The summed E-state index contributed by atoms with van der Waals surface area (Å²) in [5.74, 6) is 0. The first-order valence-corrected chi connectivity index (χ1v) is 7.38. The van der Waals surface area contributed by atoms with Crippen LogP contribution < -0.4 is 0 Å². The van der Waals surface area contributed by atoms with Gasteiger partial charge in [-0.15, -0.1) is 0 Å². The summed E-state index contributed by atoms with van der Waals surface area (Å²) in [6, 6.07) is 15.6. The van der Waals surface area contributed by atoms with Crippen LogP contribution in [0, 0.1) is 0 Å². The lowest BCUT2D eigenvalue weighted by atomic mass is 9.86. The third-order valence-electron chi connectivity index (χ3n) is 4.30. The molecule has 0 bridgehead atoms. The lowest BCUT2D eigenvalue weighted by Crippen LogP contribution is -2.10. The van der Waals surface area contributed by atoms with E-state index >= 15 is 0 Å². The quantitative estimate of drug-likeness (QED) is 0.626. The summed E-state index contributed by atoms with van der Waals surface area (Å²) >= 11 is 0. The average molecular weight is 262 g/mol. The summed E-state index contributed by atoms with van der Waals surface area (Å²) in [6.07, 6.45) is 2.23. The molecular weight excluding hydrogens is 240 g/mol. The van der Waals surface area contributed by atoms with Crippen LogP contribution in [0.2, 0.25) is 0 Å². The van der Waals surface area contributed by atoms with Crippen LogP contribution in [0.25, 0.3) is 16.7 Å². The Morgan fingerprint density at radius 3 is 2.15 bits per heavy atom. The fourth-order valence-electron chi connectivity index (χ4n) is 3.02. The normalized spacial score (nSPS) is 14.4. The molecule has 0 aromatic heterocycles. The van der Waals surface area contributed by atoms with Gasteiger partial charge in [0.15, 0.2) is 0 Å². The highest BCUT2D eigenvalue weighted by molar-refractivity contribution is 5.80. The zero-order chi connectivity index (χ0) is 14.3. The van der Waals surface area contributed by atoms with E-state index in [1.54, 1.807) is 0 Å². The van der Waals surface area contributed by atoms with Crippen LogP contribution in [0.15, 0.2) is 49.0 Å². The van der Waals surface area contributed by atoms with E-state index in [0.717, 1.165) is 12.8 Å². The van der Waals surface area contributed by atoms with Crippen LogP contribution in [0.5, 0.6) is 0 Å². The molecule has 0 amide bonds. The molecule has 0 saturated carbocycles. The molecule has 2 aromatic rings. The summed E-state index contributed by atoms with van der Waals surface area (Å²) in [5.41, 5.74) is 8.42. The van der Waals surface area contributed by atoms with Gasteiger partial charge in [0.1, 0.15) is 0 Å². The van der Waals surface area contributed by atoms with E-state index in [2.05, 4.69) is 69.8 Å². The van der Waals surface area contributed by atoms with Gasteiger partial charge in [-0.05, 0) is 51.6 Å². The SMILES string of the molecule is C=C1CCc2c1cccc2-c1ccc(C(C)(C)C)cc1. The van der Waals surface area contributed by atoms with E-state index in [9.17, 15) is 0 Å². The van der Waals surface area contributed by atoms with E-state index in [4.69, 9.17) is 0 Å². The van der Waals surface area contributed by atoms with Gasteiger partial charge in [-0.3, -0.25) is 0 Å². The third kappa shape index (κ3) is 2.20. The van der Waals surface area contributed by atoms with Crippen molar-refractivity contribution in [2.75, 3.05) is 0 Å². The van der Waals surface area contributed by atoms with Crippen molar-refractivity contribution in [1.29, 1.82) is 0 Å². The van der Waals surface area contributed by atoms with Gasteiger partial charge in [0, 0.05) is 0 Å². The van der Waals surface area contributed by atoms with Crippen LogP contribution in [0.4, 0.5) is 0 Å². The fraction of sp³-hybridized carbons (Fsp3) is 0.300. The zero-order valence-corrected chi connectivity index (χ0v) is 12.7. The molecule has 0 aliphatic heterocycles. The molecule has 0 N–H and O–H groups in total. The summed E-state index contributed by atoms with van der Waals surface area (Å²) in [7, 11) is 0. The van der Waals surface area contributed by atoms with Gasteiger partial charge in [-0.25, -0.2) is 0 Å². The molecule has 0 spiro atoms. The second-order valence-corrected chi connectivity index (χ2v) is 6.76. The Morgan fingerprint density at radius 2 is 1.50 bits per heavy atom. The first-order valence-electron chi connectivity index (χ1n) is 7.38. The van der Waals surface area contributed by atoms with E-state index in [1.165, 1.54) is 33.4 Å². The Hall–Kier alpha value is -1.82. The van der Waals surface area contributed by atoms with E-state index in [-0.39, 0.29) is 5.41 Å². The van der Waals surface area contributed by atoms with Crippen LogP contribution >= 0.6 is 0 Å². The van der Waals surface area contributed by atoms with Gasteiger partial charge in [-0.2, -0.15) is 0 Å². The molecule has 0 saturated heterocycles. The van der Waals surface area contributed by atoms with Crippen molar-refractivity contribution < 1.29 is 0 Å².